The fraction of sp³-hybridized carbons (Fsp3) is 0.273. The molecule has 0 aliphatic carbocycles. The Kier molecular flexibility index (Phi) is 5.56. The van der Waals surface area contributed by atoms with Crippen LogP contribution in [0.2, 0.25) is 5.02 Å². The summed E-state index contributed by atoms with van der Waals surface area (Å²) in [4.78, 5) is 19.9. The van der Waals surface area contributed by atoms with Crippen LogP contribution in [0.15, 0.2) is 41.2 Å². The van der Waals surface area contributed by atoms with Crippen LogP contribution in [0, 0.1) is 0 Å². The topological polar surface area (TPSA) is 56.6 Å². The zero-order valence-electron chi connectivity index (χ0n) is 16.4. The van der Waals surface area contributed by atoms with Crippen LogP contribution in [0.25, 0.3) is 23.1 Å². The lowest BCUT2D eigenvalue weighted by Crippen LogP contribution is -2.26. The van der Waals surface area contributed by atoms with Gasteiger partial charge in [0.1, 0.15) is 5.82 Å². The smallest absolute Gasteiger partial charge is 0.261 e. The van der Waals surface area contributed by atoms with Gasteiger partial charge in [-0.2, -0.15) is 0 Å². The molecule has 1 aliphatic rings. The van der Waals surface area contributed by atoms with Gasteiger partial charge in [-0.15, -0.1) is 0 Å². The minimum absolute atomic E-state index is 0.0595. The fourth-order valence-corrected chi connectivity index (χ4v) is 3.45. The summed E-state index contributed by atoms with van der Waals surface area (Å²) in [6, 6.07) is 10.9. The highest BCUT2D eigenvalue weighted by Crippen LogP contribution is 2.33. The summed E-state index contributed by atoms with van der Waals surface area (Å²) in [6.07, 6.45) is 4.62. The summed E-state index contributed by atoms with van der Waals surface area (Å²) in [7, 11) is 4.04. The highest BCUT2D eigenvalue weighted by Gasteiger charge is 2.13. The van der Waals surface area contributed by atoms with Crippen molar-refractivity contribution in [1.82, 2.24) is 14.5 Å². The molecule has 2 heterocycles. The van der Waals surface area contributed by atoms with Crippen LogP contribution in [0.3, 0.4) is 0 Å². The van der Waals surface area contributed by atoms with Crippen LogP contribution in [0.4, 0.5) is 0 Å². The molecule has 0 unspecified atom stereocenters. The first kappa shape index (κ1) is 19.5. The van der Waals surface area contributed by atoms with Gasteiger partial charge in [0.25, 0.3) is 5.56 Å². The van der Waals surface area contributed by atoms with Gasteiger partial charge >= 0.3 is 0 Å². The van der Waals surface area contributed by atoms with Crippen molar-refractivity contribution in [3.63, 3.8) is 0 Å². The zero-order valence-corrected chi connectivity index (χ0v) is 17.1. The average molecular weight is 412 g/mol. The Morgan fingerprint density at radius 3 is 2.79 bits per heavy atom. The van der Waals surface area contributed by atoms with E-state index < -0.39 is 0 Å². The maximum atomic E-state index is 13.1. The Morgan fingerprint density at radius 1 is 1.14 bits per heavy atom. The Bertz CT molecular complexity index is 1140. The summed E-state index contributed by atoms with van der Waals surface area (Å²) >= 11 is 6.11. The molecule has 29 heavy (non-hydrogen) atoms. The van der Waals surface area contributed by atoms with Crippen molar-refractivity contribution in [2.45, 2.75) is 13.0 Å². The van der Waals surface area contributed by atoms with Gasteiger partial charge in [0.15, 0.2) is 11.5 Å². The van der Waals surface area contributed by atoms with Crippen LogP contribution >= 0.6 is 11.6 Å². The predicted octanol–water partition coefficient (Wildman–Crippen LogP) is 3.90. The molecular formula is C22H22ClN3O3. The molecule has 0 amide bonds. The molecule has 7 heteroatoms. The Balaban J connectivity index is 1.73. The second kappa shape index (κ2) is 8.27. The number of nitrogens with zero attached hydrogens (tertiary/aromatic N) is 3. The Morgan fingerprint density at radius 2 is 1.97 bits per heavy atom. The number of hydrogen-bond acceptors (Lipinski definition) is 5. The predicted molar refractivity (Wildman–Crippen MR) is 116 cm³/mol. The molecule has 0 bridgehead atoms. The molecule has 0 N–H and O–H groups in total. The maximum Gasteiger partial charge on any atom is 0.261 e. The quantitative estimate of drug-likeness (QED) is 0.615. The molecule has 6 nitrogen and oxygen atoms in total. The van der Waals surface area contributed by atoms with Crippen LogP contribution in [-0.4, -0.2) is 41.9 Å². The number of benzene rings is 2. The second-order valence-corrected chi connectivity index (χ2v) is 7.63. The first-order valence-electron chi connectivity index (χ1n) is 9.44. The monoisotopic (exact) mass is 411 g/mol. The standard InChI is InChI=1S/C22H22ClN3O3/c1-25(2)10-3-11-26-21(24-18-13-16(23)6-7-17(18)22(26)27)9-5-15-4-8-19-20(12-15)29-14-28-19/h4-9,12-13H,3,10-11,14H2,1-2H3/b9-5+. The van der Waals surface area contributed by atoms with E-state index in [2.05, 4.69) is 4.90 Å². The van der Waals surface area contributed by atoms with Gasteiger partial charge in [0.2, 0.25) is 6.79 Å². The zero-order chi connectivity index (χ0) is 20.4. The molecule has 3 aromatic rings. The largest absolute Gasteiger partial charge is 0.454 e. The van der Waals surface area contributed by atoms with E-state index in [1.54, 1.807) is 22.8 Å². The molecule has 0 atom stereocenters. The minimum atomic E-state index is -0.0595. The lowest BCUT2D eigenvalue weighted by Gasteiger charge is -2.13. The van der Waals surface area contributed by atoms with E-state index in [1.807, 2.05) is 44.4 Å². The third kappa shape index (κ3) is 4.28. The average Bonchev–Trinajstić information content (AvgIpc) is 3.15. The SMILES string of the molecule is CN(C)CCCn1c(/C=C/c2ccc3c(c2)OCO3)nc2cc(Cl)ccc2c1=O. The van der Waals surface area contributed by atoms with Crippen molar-refractivity contribution >= 4 is 34.7 Å². The third-order valence-electron chi connectivity index (χ3n) is 4.76. The van der Waals surface area contributed by atoms with Crippen molar-refractivity contribution in [2.75, 3.05) is 27.4 Å². The lowest BCUT2D eigenvalue weighted by atomic mass is 10.2. The molecule has 1 aromatic heterocycles. The van der Waals surface area contributed by atoms with Gasteiger partial charge in [-0.05, 0) is 69.0 Å². The Hall–Kier alpha value is -2.83. The molecule has 0 radical (unpaired) electrons. The van der Waals surface area contributed by atoms with E-state index in [-0.39, 0.29) is 12.4 Å². The molecule has 0 saturated carbocycles. The summed E-state index contributed by atoms with van der Waals surface area (Å²) in [5, 5.41) is 1.12. The third-order valence-corrected chi connectivity index (χ3v) is 4.99. The molecule has 2 aromatic carbocycles. The summed E-state index contributed by atoms with van der Waals surface area (Å²) < 4.78 is 12.5. The Labute approximate surface area is 173 Å². The molecule has 0 fully saturated rings. The van der Waals surface area contributed by atoms with Crippen LogP contribution in [0.5, 0.6) is 11.5 Å². The van der Waals surface area contributed by atoms with Crippen LogP contribution in [-0.2, 0) is 6.54 Å². The molecular weight excluding hydrogens is 390 g/mol. The van der Waals surface area contributed by atoms with Crippen molar-refractivity contribution in [1.29, 1.82) is 0 Å². The van der Waals surface area contributed by atoms with E-state index in [0.29, 0.717) is 34.0 Å². The number of ether oxygens (including phenoxy) is 2. The maximum absolute atomic E-state index is 13.1. The molecule has 0 spiro atoms. The van der Waals surface area contributed by atoms with Crippen molar-refractivity contribution < 1.29 is 9.47 Å². The lowest BCUT2D eigenvalue weighted by molar-refractivity contribution is 0.174. The molecule has 0 saturated heterocycles. The first-order valence-corrected chi connectivity index (χ1v) is 9.81. The number of rotatable bonds is 6. The van der Waals surface area contributed by atoms with E-state index in [9.17, 15) is 4.79 Å². The summed E-state index contributed by atoms with van der Waals surface area (Å²) in [5.41, 5.74) is 1.47. The molecule has 4 rings (SSSR count). The number of halogens is 1. The highest BCUT2D eigenvalue weighted by atomic mass is 35.5. The van der Waals surface area contributed by atoms with Gasteiger partial charge in [-0.25, -0.2) is 4.98 Å². The molecule has 1 aliphatic heterocycles. The first-order chi connectivity index (χ1) is 14.0. The van der Waals surface area contributed by atoms with Gasteiger partial charge in [0, 0.05) is 11.6 Å². The van der Waals surface area contributed by atoms with Crippen molar-refractivity contribution in [3.8, 4) is 11.5 Å². The summed E-state index contributed by atoms with van der Waals surface area (Å²) in [6.45, 7) is 1.71. The van der Waals surface area contributed by atoms with Crippen LogP contribution < -0.4 is 15.0 Å². The van der Waals surface area contributed by atoms with Gasteiger partial charge < -0.3 is 14.4 Å². The van der Waals surface area contributed by atoms with E-state index in [0.717, 1.165) is 24.3 Å². The van der Waals surface area contributed by atoms with Gasteiger partial charge in [0.05, 0.1) is 10.9 Å². The second-order valence-electron chi connectivity index (χ2n) is 7.19. The highest BCUT2D eigenvalue weighted by molar-refractivity contribution is 6.31. The normalized spacial score (nSPS) is 13.1. The van der Waals surface area contributed by atoms with Gasteiger partial charge in [-0.1, -0.05) is 23.7 Å². The van der Waals surface area contributed by atoms with E-state index in [1.165, 1.54) is 0 Å². The van der Waals surface area contributed by atoms with E-state index in [4.69, 9.17) is 26.1 Å². The van der Waals surface area contributed by atoms with Gasteiger partial charge in [-0.3, -0.25) is 9.36 Å². The fourth-order valence-electron chi connectivity index (χ4n) is 3.29. The summed E-state index contributed by atoms with van der Waals surface area (Å²) in [5.74, 6) is 2.05. The minimum Gasteiger partial charge on any atom is -0.454 e. The van der Waals surface area contributed by atoms with E-state index >= 15 is 0 Å². The van der Waals surface area contributed by atoms with Crippen molar-refractivity contribution in [2.24, 2.45) is 0 Å². The van der Waals surface area contributed by atoms with Crippen LogP contribution in [0.1, 0.15) is 17.8 Å². The van der Waals surface area contributed by atoms with Crippen molar-refractivity contribution in [3.05, 3.63) is 63.2 Å². The molecule has 150 valence electrons. The number of fused-ring (bicyclic) bond motifs is 2. The number of hydrogen-bond donors (Lipinski definition) is 0. The number of aromatic nitrogens is 2.